The minimum atomic E-state index is -0.516. The average Bonchev–Trinajstić information content (AvgIpc) is 3.14. The first-order valence-corrected chi connectivity index (χ1v) is 10.3. The molecule has 1 aliphatic rings. The van der Waals surface area contributed by atoms with Crippen LogP contribution < -0.4 is 9.47 Å². The van der Waals surface area contributed by atoms with Crippen LogP contribution in [-0.4, -0.2) is 56.9 Å². The zero-order valence-corrected chi connectivity index (χ0v) is 17.6. The number of nitrogens with zero attached hydrogens (tertiary/aromatic N) is 5. The van der Waals surface area contributed by atoms with Gasteiger partial charge in [-0.1, -0.05) is 6.92 Å². The first-order chi connectivity index (χ1) is 14.6. The van der Waals surface area contributed by atoms with Crippen molar-refractivity contribution >= 4 is 17.1 Å². The van der Waals surface area contributed by atoms with Gasteiger partial charge in [0.1, 0.15) is 17.0 Å². The second-order valence-corrected chi connectivity index (χ2v) is 7.55. The highest BCUT2D eigenvalue weighted by molar-refractivity contribution is 5.81. The van der Waals surface area contributed by atoms with Crippen molar-refractivity contribution in [3.8, 4) is 11.5 Å². The molecule has 0 saturated carbocycles. The molecule has 2 aromatic heterocycles. The molecule has 1 saturated heterocycles. The molecule has 0 bridgehead atoms. The summed E-state index contributed by atoms with van der Waals surface area (Å²) in [6, 6.07) is 7.31. The van der Waals surface area contributed by atoms with Gasteiger partial charge in [-0.3, -0.25) is 4.79 Å². The highest BCUT2D eigenvalue weighted by Gasteiger charge is 2.32. The summed E-state index contributed by atoms with van der Waals surface area (Å²) < 4.78 is 12.9. The molecule has 2 atom stereocenters. The smallest absolute Gasteiger partial charge is 0.263 e. The van der Waals surface area contributed by atoms with Crippen molar-refractivity contribution < 1.29 is 14.3 Å². The number of piperidine rings is 1. The Bertz CT molecular complexity index is 1020. The third-order valence-electron chi connectivity index (χ3n) is 5.59. The number of likely N-dealkylation sites (tertiary alicyclic amines) is 1. The number of benzene rings is 1. The van der Waals surface area contributed by atoms with E-state index in [4.69, 9.17) is 9.47 Å². The van der Waals surface area contributed by atoms with Crippen LogP contribution in [-0.2, 0) is 11.8 Å². The molecule has 158 valence electrons. The predicted octanol–water partition coefficient (Wildman–Crippen LogP) is 2.94. The first kappa shape index (κ1) is 20.1. The molecule has 30 heavy (non-hydrogen) atoms. The number of fused-ring (bicyclic) bond motifs is 1. The summed E-state index contributed by atoms with van der Waals surface area (Å²) >= 11 is 0. The number of ether oxygens (including phenoxy) is 2. The molecule has 1 aliphatic heterocycles. The molecule has 1 fully saturated rings. The summed E-state index contributed by atoms with van der Waals surface area (Å²) in [6.07, 6.45) is 5.35. The Hall–Kier alpha value is -3.16. The number of methoxy groups -OCH3 is 1. The Morgan fingerprint density at radius 2 is 1.93 bits per heavy atom. The maximum atomic E-state index is 13.2. The van der Waals surface area contributed by atoms with E-state index in [2.05, 4.69) is 15.1 Å². The Labute approximate surface area is 175 Å². The zero-order chi connectivity index (χ0) is 21.1. The lowest BCUT2D eigenvalue weighted by molar-refractivity contribution is -0.140. The minimum absolute atomic E-state index is 0.0179. The number of amides is 1. The Morgan fingerprint density at radius 3 is 2.67 bits per heavy atom. The quantitative estimate of drug-likeness (QED) is 0.623. The minimum Gasteiger partial charge on any atom is -0.497 e. The van der Waals surface area contributed by atoms with Crippen LogP contribution in [0.4, 0.5) is 0 Å². The number of hydrogen-bond donors (Lipinski definition) is 0. The van der Waals surface area contributed by atoms with Crippen LogP contribution in [0.3, 0.4) is 0 Å². The summed E-state index contributed by atoms with van der Waals surface area (Å²) in [7, 11) is 3.50. The summed E-state index contributed by atoms with van der Waals surface area (Å²) in [5.41, 5.74) is 2.51. The van der Waals surface area contributed by atoms with E-state index in [1.807, 2.05) is 43.1 Å². The standard InChI is InChI=1S/C22H27N5O3/c1-4-18(30-17-9-7-16(29-3)8-10-17)22(28)27-13-5-6-15(14-27)19-20-21(26(2)25-19)24-12-11-23-20/h7-12,15,18H,4-6,13-14H2,1-3H3/t15-,18-/m0/s1. The van der Waals surface area contributed by atoms with E-state index in [0.29, 0.717) is 18.7 Å². The Morgan fingerprint density at radius 1 is 1.20 bits per heavy atom. The lowest BCUT2D eigenvalue weighted by Crippen LogP contribution is -2.46. The molecule has 0 aliphatic carbocycles. The molecule has 0 radical (unpaired) electrons. The van der Waals surface area contributed by atoms with Crippen molar-refractivity contribution in [3.63, 3.8) is 0 Å². The van der Waals surface area contributed by atoms with Gasteiger partial charge in [-0.25, -0.2) is 14.6 Å². The van der Waals surface area contributed by atoms with E-state index in [9.17, 15) is 4.79 Å². The lowest BCUT2D eigenvalue weighted by atomic mass is 9.94. The van der Waals surface area contributed by atoms with E-state index >= 15 is 0 Å². The van der Waals surface area contributed by atoms with E-state index in [0.717, 1.165) is 42.0 Å². The van der Waals surface area contributed by atoms with Crippen LogP contribution in [0.5, 0.6) is 11.5 Å². The van der Waals surface area contributed by atoms with Gasteiger partial charge >= 0.3 is 0 Å². The number of hydrogen-bond acceptors (Lipinski definition) is 6. The topological polar surface area (TPSA) is 82.4 Å². The van der Waals surface area contributed by atoms with Gasteiger partial charge in [0.2, 0.25) is 0 Å². The second kappa shape index (κ2) is 8.69. The van der Waals surface area contributed by atoms with E-state index in [1.54, 1.807) is 24.2 Å². The summed E-state index contributed by atoms with van der Waals surface area (Å²) in [5, 5.41) is 4.67. The number of aryl methyl sites for hydroxylation is 1. The average molecular weight is 409 g/mol. The number of carbonyl (C=O) groups is 1. The second-order valence-electron chi connectivity index (χ2n) is 7.55. The fourth-order valence-corrected chi connectivity index (χ4v) is 4.01. The van der Waals surface area contributed by atoms with Crippen LogP contribution >= 0.6 is 0 Å². The fraction of sp³-hybridized carbons (Fsp3) is 0.455. The zero-order valence-electron chi connectivity index (χ0n) is 17.6. The molecule has 0 N–H and O–H groups in total. The molecular formula is C22H27N5O3. The Balaban J connectivity index is 1.49. The molecule has 0 unspecified atom stereocenters. The number of carbonyl (C=O) groups excluding carboxylic acids is 1. The van der Waals surface area contributed by atoms with Crippen molar-refractivity contribution in [3.05, 3.63) is 42.4 Å². The first-order valence-electron chi connectivity index (χ1n) is 10.3. The number of aromatic nitrogens is 4. The van der Waals surface area contributed by atoms with Crippen LogP contribution in [0.1, 0.15) is 37.8 Å². The van der Waals surface area contributed by atoms with Crippen molar-refractivity contribution in [2.75, 3.05) is 20.2 Å². The van der Waals surface area contributed by atoms with E-state index in [-0.39, 0.29) is 11.8 Å². The molecule has 3 aromatic rings. The van der Waals surface area contributed by atoms with Crippen LogP contribution in [0.2, 0.25) is 0 Å². The van der Waals surface area contributed by atoms with Crippen LogP contribution in [0.15, 0.2) is 36.7 Å². The van der Waals surface area contributed by atoms with Gasteiger partial charge in [-0.05, 0) is 43.5 Å². The normalized spacial score (nSPS) is 17.7. The predicted molar refractivity (Wildman–Crippen MR) is 113 cm³/mol. The van der Waals surface area contributed by atoms with Gasteiger partial charge < -0.3 is 14.4 Å². The highest BCUT2D eigenvalue weighted by Crippen LogP contribution is 2.30. The summed E-state index contributed by atoms with van der Waals surface area (Å²) in [4.78, 5) is 24.0. The third kappa shape index (κ3) is 3.94. The molecule has 0 spiro atoms. The van der Waals surface area contributed by atoms with Gasteiger partial charge in [-0.15, -0.1) is 0 Å². The number of rotatable bonds is 6. The van der Waals surface area contributed by atoms with Gasteiger partial charge in [-0.2, -0.15) is 5.10 Å². The van der Waals surface area contributed by atoms with E-state index < -0.39 is 6.10 Å². The molecule has 3 heterocycles. The van der Waals surface area contributed by atoms with Gasteiger partial charge in [0.15, 0.2) is 11.8 Å². The molecule has 8 nitrogen and oxygen atoms in total. The Kier molecular flexibility index (Phi) is 5.83. The highest BCUT2D eigenvalue weighted by atomic mass is 16.5. The maximum absolute atomic E-state index is 13.2. The molecule has 4 rings (SSSR count). The van der Waals surface area contributed by atoms with Crippen molar-refractivity contribution in [1.29, 1.82) is 0 Å². The fourth-order valence-electron chi connectivity index (χ4n) is 4.01. The van der Waals surface area contributed by atoms with Crippen molar-refractivity contribution in [1.82, 2.24) is 24.6 Å². The summed E-state index contributed by atoms with van der Waals surface area (Å²) in [5.74, 6) is 1.58. The lowest BCUT2D eigenvalue weighted by Gasteiger charge is -2.34. The van der Waals surface area contributed by atoms with Gasteiger partial charge in [0.05, 0.1) is 12.8 Å². The third-order valence-corrected chi connectivity index (χ3v) is 5.59. The molecular weight excluding hydrogens is 382 g/mol. The molecule has 1 amide bonds. The largest absolute Gasteiger partial charge is 0.497 e. The van der Waals surface area contributed by atoms with Gasteiger partial charge in [0, 0.05) is 38.4 Å². The van der Waals surface area contributed by atoms with Crippen molar-refractivity contribution in [2.45, 2.75) is 38.2 Å². The van der Waals surface area contributed by atoms with Crippen LogP contribution in [0.25, 0.3) is 11.2 Å². The molecule has 8 heteroatoms. The maximum Gasteiger partial charge on any atom is 0.263 e. The molecule has 1 aromatic carbocycles. The summed E-state index contributed by atoms with van der Waals surface area (Å²) in [6.45, 7) is 3.31. The monoisotopic (exact) mass is 409 g/mol. The SMILES string of the molecule is CC[C@H](Oc1ccc(OC)cc1)C(=O)N1CCC[C@H](c2nn(C)c3nccnc23)C1. The van der Waals surface area contributed by atoms with E-state index in [1.165, 1.54) is 0 Å². The van der Waals surface area contributed by atoms with Gasteiger partial charge in [0.25, 0.3) is 5.91 Å². The van der Waals surface area contributed by atoms with Crippen LogP contribution in [0, 0.1) is 0 Å². The van der Waals surface area contributed by atoms with Crippen molar-refractivity contribution in [2.24, 2.45) is 7.05 Å².